The van der Waals surface area contributed by atoms with Crippen molar-refractivity contribution in [3.05, 3.63) is 18.1 Å². The molecule has 5 nitrogen and oxygen atoms in total. The monoisotopic (exact) mass is 263 g/mol. The number of hydrogen-bond donors (Lipinski definition) is 1. The van der Waals surface area contributed by atoms with Gasteiger partial charge in [0.05, 0.1) is 11.9 Å². The van der Waals surface area contributed by atoms with Crippen LogP contribution in [-0.2, 0) is 6.54 Å². The molecule has 1 saturated heterocycles. The van der Waals surface area contributed by atoms with Gasteiger partial charge in [0.15, 0.2) is 0 Å². The molecular weight excluding hydrogens is 238 g/mol. The Morgan fingerprint density at radius 3 is 2.58 bits per heavy atom. The second-order valence-electron chi connectivity index (χ2n) is 5.42. The van der Waals surface area contributed by atoms with E-state index in [2.05, 4.69) is 47.9 Å². The van der Waals surface area contributed by atoms with E-state index in [-0.39, 0.29) is 0 Å². The second-order valence-corrected chi connectivity index (χ2v) is 5.42. The van der Waals surface area contributed by atoms with Gasteiger partial charge in [0, 0.05) is 37.9 Å². The van der Waals surface area contributed by atoms with Crippen LogP contribution >= 0.6 is 0 Å². The van der Waals surface area contributed by atoms with Crippen LogP contribution in [0.5, 0.6) is 0 Å². The summed E-state index contributed by atoms with van der Waals surface area (Å²) in [4.78, 5) is 13.8. The molecule has 0 bridgehead atoms. The number of piperazine rings is 1. The average Bonchev–Trinajstić information content (AvgIpc) is 2.42. The van der Waals surface area contributed by atoms with Crippen LogP contribution in [0.2, 0.25) is 0 Å². The molecule has 1 N–H and O–H groups in total. The van der Waals surface area contributed by atoms with E-state index in [1.807, 2.05) is 12.4 Å². The van der Waals surface area contributed by atoms with Gasteiger partial charge in [-0.15, -0.1) is 0 Å². The summed E-state index contributed by atoms with van der Waals surface area (Å²) < 4.78 is 0. The van der Waals surface area contributed by atoms with Gasteiger partial charge in [0.1, 0.15) is 5.82 Å². The van der Waals surface area contributed by atoms with Crippen molar-refractivity contribution >= 4 is 5.82 Å². The normalized spacial score (nSPS) is 24.7. The largest absolute Gasteiger partial charge is 0.352 e. The van der Waals surface area contributed by atoms with E-state index < -0.39 is 0 Å². The lowest BCUT2D eigenvalue weighted by molar-refractivity contribution is 0.169. The maximum atomic E-state index is 4.71. The van der Waals surface area contributed by atoms with Crippen LogP contribution in [0.15, 0.2) is 12.4 Å². The van der Waals surface area contributed by atoms with Crippen LogP contribution in [0.3, 0.4) is 0 Å². The van der Waals surface area contributed by atoms with Gasteiger partial charge in [-0.3, -0.25) is 9.88 Å². The second kappa shape index (κ2) is 6.30. The number of likely N-dealkylation sites (N-methyl/N-ethyl adjacent to an activating group) is 1. The van der Waals surface area contributed by atoms with E-state index in [1.165, 1.54) is 0 Å². The highest BCUT2D eigenvalue weighted by Crippen LogP contribution is 2.19. The molecule has 1 aromatic rings. The van der Waals surface area contributed by atoms with E-state index in [1.54, 1.807) is 0 Å². The van der Waals surface area contributed by atoms with Crippen molar-refractivity contribution in [2.75, 3.05) is 31.6 Å². The van der Waals surface area contributed by atoms with Crippen molar-refractivity contribution in [1.29, 1.82) is 0 Å². The quantitative estimate of drug-likeness (QED) is 0.882. The van der Waals surface area contributed by atoms with Crippen molar-refractivity contribution in [1.82, 2.24) is 20.2 Å². The standard InChI is InChI=1S/C14H25N5/c1-5-15-6-13-7-16-8-14(17-13)19-9-11(2)18(4)12(3)10-19/h7-8,11-12,15H,5-6,9-10H2,1-4H3. The molecule has 5 heteroatoms. The first kappa shape index (κ1) is 14.2. The molecule has 1 aliphatic rings. The minimum atomic E-state index is 0.544. The molecule has 2 rings (SSSR count). The lowest BCUT2D eigenvalue weighted by atomic mass is 10.1. The molecule has 0 spiro atoms. The highest BCUT2D eigenvalue weighted by molar-refractivity contribution is 5.37. The zero-order valence-electron chi connectivity index (χ0n) is 12.4. The van der Waals surface area contributed by atoms with Crippen molar-refractivity contribution in [2.45, 2.75) is 39.4 Å². The zero-order valence-corrected chi connectivity index (χ0v) is 12.4. The van der Waals surface area contributed by atoms with Crippen LogP contribution in [0.25, 0.3) is 0 Å². The summed E-state index contributed by atoms with van der Waals surface area (Å²) in [6.45, 7) is 10.4. The molecular formula is C14H25N5. The zero-order chi connectivity index (χ0) is 13.8. The maximum Gasteiger partial charge on any atom is 0.147 e. The van der Waals surface area contributed by atoms with Gasteiger partial charge in [0.25, 0.3) is 0 Å². The molecule has 1 aliphatic heterocycles. The fourth-order valence-electron chi connectivity index (χ4n) is 2.48. The van der Waals surface area contributed by atoms with Gasteiger partial charge in [-0.25, -0.2) is 4.98 Å². The SMILES string of the molecule is CCNCc1cncc(N2CC(C)N(C)C(C)C2)n1. The number of anilines is 1. The van der Waals surface area contributed by atoms with E-state index >= 15 is 0 Å². The van der Waals surface area contributed by atoms with Crippen LogP contribution in [0, 0.1) is 0 Å². The smallest absolute Gasteiger partial charge is 0.147 e. The molecule has 0 saturated carbocycles. The van der Waals surface area contributed by atoms with Crippen molar-refractivity contribution in [2.24, 2.45) is 0 Å². The number of nitrogens with one attached hydrogen (secondary N) is 1. The number of nitrogens with zero attached hydrogens (tertiary/aromatic N) is 4. The van der Waals surface area contributed by atoms with Gasteiger partial charge < -0.3 is 10.2 Å². The number of hydrogen-bond acceptors (Lipinski definition) is 5. The third kappa shape index (κ3) is 3.42. The van der Waals surface area contributed by atoms with E-state index in [4.69, 9.17) is 4.98 Å². The Kier molecular flexibility index (Phi) is 4.71. The first-order valence-electron chi connectivity index (χ1n) is 7.10. The first-order valence-corrected chi connectivity index (χ1v) is 7.10. The van der Waals surface area contributed by atoms with Crippen LogP contribution in [-0.4, -0.2) is 53.6 Å². The highest BCUT2D eigenvalue weighted by atomic mass is 15.3. The van der Waals surface area contributed by atoms with Crippen LogP contribution < -0.4 is 10.2 Å². The summed E-state index contributed by atoms with van der Waals surface area (Å²) in [5.74, 6) is 1.00. The molecule has 0 aromatic carbocycles. The Bertz CT molecular complexity index is 397. The minimum Gasteiger partial charge on any atom is -0.352 e. The third-order valence-electron chi connectivity index (χ3n) is 3.91. The van der Waals surface area contributed by atoms with Gasteiger partial charge >= 0.3 is 0 Å². The molecule has 2 atom stereocenters. The van der Waals surface area contributed by atoms with Crippen molar-refractivity contribution in [3.63, 3.8) is 0 Å². The Labute approximate surface area is 116 Å². The predicted octanol–water partition coefficient (Wildman–Crippen LogP) is 1.11. The minimum absolute atomic E-state index is 0.544. The van der Waals surface area contributed by atoms with Gasteiger partial charge in [-0.1, -0.05) is 6.92 Å². The van der Waals surface area contributed by atoms with Gasteiger partial charge in [-0.2, -0.15) is 0 Å². The Morgan fingerprint density at radius 1 is 1.26 bits per heavy atom. The fraction of sp³-hybridized carbons (Fsp3) is 0.714. The molecule has 0 aliphatic carbocycles. The molecule has 0 amide bonds. The molecule has 2 heterocycles. The van der Waals surface area contributed by atoms with E-state index in [9.17, 15) is 0 Å². The summed E-state index contributed by atoms with van der Waals surface area (Å²) in [7, 11) is 2.19. The van der Waals surface area contributed by atoms with Gasteiger partial charge in [0.2, 0.25) is 0 Å². The lowest BCUT2D eigenvalue weighted by Gasteiger charge is -2.42. The van der Waals surface area contributed by atoms with Crippen molar-refractivity contribution < 1.29 is 0 Å². The summed E-state index contributed by atoms with van der Waals surface area (Å²) in [6, 6.07) is 1.09. The lowest BCUT2D eigenvalue weighted by Crippen LogP contribution is -2.55. The van der Waals surface area contributed by atoms with Crippen molar-refractivity contribution in [3.8, 4) is 0 Å². The third-order valence-corrected chi connectivity index (χ3v) is 3.91. The van der Waals surface area contributed by atoms with Crippen LogP contribution in [0.4, 0.5) is 5.82 Å². The summed E-state index contributed by atoms with van der Waals surface area (Å²) in [5.41, 5.74) is 1.01. The first-order chi connectivity index (χ1) is 9.11. The maximum absolute atomic E-state index is 4.71. The topological polar surface area (TPSA) is 44.3 Å². The number of rotatable bonds is 4. The summed E-state index contributed by atoms with van der Waals surface area (Å²) >= 11 is 0. The summed E-state index contributed by atoms with van der Waals surface area (Å²) in [5, 5.41) is 3.29. The molecule has 0 radical (unpaired) electrons. The number of aromatic nitrogens is 2. The molecule has 2 unspecified atom stereocenters. The van der Waals surface area contributed by atoms with Gasteiger partial charge in [-0.05, 0) is 27.4 Å². The molecule has 1 fully saturated rings. The highest BCUT2D eigenvalue weighted by Gasteiger charge is 2.27. The van der Waals surface area contributed by atoms with E-state index in [0.717, 1.165) is 37.7 Å². The average molecular weight is 263 g/mol. The fourth-order valence-corrected chi connectivity index (χ4v) is 2.48. The van der Waals surface area contributed by atoms with Crippen LogP contribution in [0.1, 0.15) is 26.5 Å². The molecule has 1 aromatic heterocycles. The summed E-state index contributed by atoms with van der Waals surface area (Å²) in [6.07, 6.45) is 3.72. The predicted molar refractivity (Wildman–Crippen MR) is 78.3 cm³/mol. The Hall–Kier alpha value is -1.20. The molecule has 106 valence electrons. The Morgan fingerprint density at radius 2 is 1.95 bits per heavy atom. The molecule has 19 heavy (non-hydrogen) atoms. The Balaban J connectivity index is 2.09. The van der Waals surface area contributed by atoms with E-state index in [0.29, 0.717) is 12.1 Å².